The maximum absolute atomic E-state index is 3.76. The van der Waals surface area contributed by atoms with E-state index in [4.69, 9.17) is 0 Å². The predicted octanol–water partition coefficient (Wildman–Crippen LogP) is 4.77. The van der Waals surface area contributed by atoms with Crippen molar-refractivity contribution in [2.75, 3.05) is 18.9 Å². The van der Waals surface area contributed by atoms with Gasteiger partial charge in [0.25, 0.3) is 0 Å². The molecule has 1 aliphatic rings. The summed E-state index contributed by atoms with van der Waals surface area (Å²) in [6.07, 6.45) is 7.01. The minimum absolute atomic E-state index is 0.512. The Balaban J connectivity index is 1.92. The minimum atomic E-state index is 0.512. The van der Waals surface area contributed by atoms with Crippen molar-refractivity contribution in [1.82, 2.24) is 4.90 Å². The van der Waals surface area contributed by atoms with Gasteiger partial charge < -0.3 is 4.90 Å². The second-order valence-electron chi connectivity index (χ2n) is 6.35. The van der Waals surface area contributed by atoms with Crippen molar-refractivity contribution in [3.63, 3.8) is 0 Å². The van der Waals surface area contributed by atoms with Crippen LogP contribution in [-0.2, 0) is 6.54 Å². The number of nitrogens with zero attached hydrogens (tertiary/aromatic N) is 1. The first-order valence-corrected chi connectivity index (χ1v) is 8.56. The van der Waals surface area contributed by atoms with E-state index in [-0.39, 0.29) is 0 Å². The molecule has 0 saturated heterocycles. The SMILES string of the molecule is Cc1ccc(CN(C)CC2(CBr)CCCCC2)cc1. The lowest BCUT2D eigenvalue weighted by Gasteiger charge is -2.39. The number of hydrogen-bond donors (Lipinski definition) is 0. The van der Waals surface area contributed by atoms with Crippen molar-refractivity contribution in [3.8, 4) is 0 Å². The normalized spacial score (nSPS) is 18.7. The lowest BCUT2D eigenvalue weighted by molar-refractivity contribution is 0.141. The number of aryl methyl sites for hydroxylation is 1. The predicted molar refractivity (Wildman–Crippen MR) is 86.8 cm³/mol. The zero-order valence-corrected chi connectivity index (χ0v) is 13.9. The summed E-state index contributed by atoms with van der Waals surface area (Å²) in [7, 11) is 2.26. The van der Waals surface area contributed by atoms with E-state index in [1.165, 1.54) is 49.8 Å². The Hall–Kier alpha value is -0.340. The van der Waals surface area contributed by atoms with Gasteiger partial charge in [0.2, 0.25) is 0 Å². The molecule has 1 aromatic rings. The lowest BCUT2D eigenvalue weighted by atomic mass is 9.75. The third-order valence-corrected chi connectivity index (χ3v) is 5.57. The number of alkyl halides is 1. The average molecular weight is 324 g/mol. The van der Waals surface area contributed by atoms with Gasteiger partial charge in [0.15, 0.2) is 0 Å². The summed E-state index contributed by atoms with van der Waals surface area (Å²) < 4.78 is 0. The Morgan fingerprint density at radius 3 is 2.32 bits per heavy atom. The van der Waals surface area contributed by atoms with Gasteiger partial charge in [-0.3, -0.25) is 0 Å². The fraction of sp³-hybridized carbons (Fsp3) is 0.647. The van der Waals surface area contributed by atoms with E-state index in [0.29, 0.717) is 5.41 Å². The highest BCUT2D eigenvalue weighted by atomic mass is 79.9. The van der Waals surface area contributed by atoms with E-state index in [2.05, 4.69) is 59.1 Å². The molecule has 0 N–H and O–H groups in total. The van der Waals surface area contributed by atoms with E-state index in [0.717, 1.165) is 11.9 Å². The van der Waals surface area contributed by atoms with Gasteiger partial charge in [-0.1, -0.05) is 65.0 Å². The molecule has 2 heteroatoms. The first kappa shape index (κ1) is 15.1. The van der Waals surface area contributed by atoms with Crippen molar-refractivity contribution in [2.24, 2.45) is 5.41 Å². The first-order chi connectivity index (χ1) is 9.13. The highest BCUT2D eigenvalue weighted by Crippen LogP contribution is 2.38. The molecular formula is C17H26BrN. The van der Waals surface area contributed by atoms with Gasteiger partial charge in [-0.25, -0.2) is 0 Å². The molecule has 0 aromatic heterocycles. The summed E-state index contributed by atoms with van der Waals surface area (Å²) in [4.78, 5) is 2.50. The van der Waals surface area contributed by atoms with Gasteiger partial charge in [0, 0.05) is 18.4 Å². The summed E-state index contributed by atoms with van der Waals surface area (Å²) in [6.45, 7) is 4.43. The van der Waals surface area contributed by atoms with Crippen molar-refractivity contribution in [1.29, 1.82) is 0 Å². The van der Waals surface area contributed by atoms with Crippen molar-refractivity contribution >= 4 is 15.9 Å². The highest BCUT2D eigenvalue weighted by Gasteiger charge is 2.31. The fourth-order valence-electron chi connectivity index (χ4n) is 3.27. The Morgan fingerprint density at radius 1 is 1.11 bits per heavy atom. The molecule has 0 aliphatic heterocycles. The molecule has 0 unspecified atom stereocenters. The summed E-state index contributed by atoms with van der Waals surface area (Å²) in [5.74, 6) is 0. The average Bonchev–Trinajstić information content (AvgIpc) is 2.42. The van der Waals surface area contributed by atoms with Crippen LogP contribution in [0.2, 0.25) is 0 Å². The third-order valence-electron chi connectivity index (χ3n) is 4.38. The number of benzene rings is 1. The Bertz CT molecular complexity index is 379. The van der Waals surface area contributed by atoms with Gasteiger partial charge in [0.1, 0.15) is 0 Å². The summed E-state index contributed by atoms with van der Waals surface area (Å²) in [6, 6.07) is 8.94. The minimum Gasteiger partial charge on any atom is -0.302 e. The smallest absolute Gasteiger partial charge is 0.0230 e. The van der Waals surface area contributed by atoms with Gasteiger partial charge in [0.05, 0.1) is 0 Å². The van der Waals surface area contributed by atoms with Crippen LogP contribution in [0.5, 0.6) is 0 Å². The molecule has 0 heterocycles. The largest absolute Gasteiger partial charge is 0.302 e. The van der Waals surface area contributed by atoms with Crippen LogP contribution in [0.4, 0.5) is 0 Å². The molecule has 1 aromatic carbocycles. The van der Waals surface area contributed by atoms with Crippen LogP contribution in [0.1, 0.15) is 43.2 Å². The molecular weight excluding hydrogens is 298 g/mol. The van der Waals surface area contributed by atoms with E-state index in [1.54, 1.807) is 0 Å². The van der Waals surface area contributed by atoms with Crippen LogP contribution >= 0.6 is 15.9 Å². The molecule has 19 heavy (non-hydrogen) atoms. The Kier molecular flexibility index (Phi) is 5.47. The van der Waals surface area contributed by atoms with E-state index < -0.39 is 0 Å². The molecule has 1 aliphatic carbocycles. The standard InChI is InChI=1S/C17H26BrN/c1-15-6-8-16(9-7-15)12-19(2)14-17(13-18)10-4-3-5-11-17/h6-9H,3-5,10-14H2,1-2H3. The van der Waals surface area contributed by atoms with Gasteiger partial charge in [-0.15, -0.1) is 0 Å². The third kappa shape index (κ3) is 4.32. The summed E-state index contributed by atoms with van der Waals surface area (Å²) in [5, 5.41) is 1.15. The topological polar surface area (TPSA) is 3.24 Å². The number of rotatable bonds is 5. The number of halogens is 1. The zero-order valence-electron chi connectivity index (χ0n) is 12.3. The van der Waals surface area contributed by atoms with Crippen LogP contribution in [-0.4, -0.2) is 23.8 Å². The number of hydrogen-bond acceptors (Lipinski definition) is 1. The van der Waals surface area contributed by atoms with E-state index in [1.807, 2.05) is 0 Å². The van der Waals surface area contributed by atoms with E-state index in [9.17, 15) is 0 Å². The second kappa shape index (κ2) is 6.90. The summed E-state index contributed by atoms with van der Waals surface area (Å²) >= 11 is 3.76. The maximum Gasteiger partial charge on any atom is 0.0230 e. The molecule has 2 rings (SSSR count). The molecule has 0 amide bonds. The zero-order chi connectivity index (χ0) is 13.7. The molecule has 0 radical (unpaired) electrons. The van der Waals surface area contributed by atoms with Crippen molar-refractivity contribution in [2.45, 2.75) is 45.6 Å². The van der Waals surface area contributed by atoms with Gasteiger partial charge in [-0.2, -0.15) is 0 Å². The highest BCUT2D eigenvalue weighted by molar-refractivity contribution is 9.09. The van der Waals surface area contributed by atoms with Gasteiger partial charge >= 0.3 is 0 Å². The molecule has 0 atom stereocenters. The molecule has 0 bridgehead atoms. The molecule has 1 nitrogen and oxygen atoms in total. The monoisotopic (exact) mass is 323 g/mol. The quantitative estimate of drug-likeness (QED) is 0.705. The van der Waals surface area contributed by atoms with Crippen LogP contribution in [0.3, 0.4) is 0 Å². The Labute approximate surface area is 126 Å². The van der Waals surface area contributed by atoms with Crippen LogP contribution in [0.25, 0.3) is 0 Å². The van der Waals surface area contributed by atoms with Crippen LogP contribution in [0, 0.1) is 12.3 Å². The van der Waals surface area contributed by atoms with Gasteiger partial charge in [-0.05, 0) is 37.8 Å². The van der Waals surface area contributed by atoms with Crippen molar-refractivity contribution < 1.29 is 0 Å². The fourth-order valence-corrected chi connectivity index (χ4v) is 4.01. The molecule has 1 fully saturated rings. The van der Waals surface area contributed by atoms with E-state index >= 15 is 0 Å². The van der Waals surface area contributed by atoms with Crippen LogP contribution in [0.15, 0.2) is 24.3 Å². The molecule has 0 spiro atoms. The second-order valence-corrected chi connectivity index (χ2v) is 6.91. The molecule has 1 saturated carbocycles. The summed E-state index contributed by atoms with van der Waals surface area (Å²) in [5.41, 5.74) is 3.28. The van der Waals surface area contributed by atoms with Crippen molar-refractivity contribution in [3.05, 3.63) is 35.4 Å². The maximum atomic E-state index is 3.76. The lowest BCUT2D eigenvalue weighted by Crippen LogP contribution is -2.38. The van der Waals surface area contributed by atoms with Crippen LogP contribution < -0.4 is 0 Å². The Morgan fingerprint density at radius 2 is 1.74 bits per heavy atom. The first-order valence-electron chi connectivity index (χ1n) is 7.44. The molecule has 106 valence electrons.